The first-order valence-electron chi connectivity index (χ1n) is 11.4. The van der Waals surface area contributed by atoms with Crippen LogP contribution in [0.2, 0.25) is 5.02 Å². The molecule has 2 amide bonds. The number of ketones is 1. The van der Waals surface area contributed by atoms with Crippen molar-refractivity contribution in [3.8, 4) is 0 Å². The average Bonchev–Trinajstić information content (AvgIpc) is 3.36. The van der Waals surface area contributed by atoms with Crippen LogP contribution in [0.3, 0.4) is 0 Å². The summed E-state index contributed by atoms with van der Waals surface area (Å²) in [5, 5.41) is 14.0. The van der Waals surface area contributed by atoms with Gasteiger partial charge in [-0.3, -0.25) is 19.2 Å². The summed E-state index contributed by atoms with van der Waals surface area (Å²) in [6.45, 7) is 0.405. The van der Waals surface area contributed by atoms with Gasteiger partial charge >= 0.3 is 5.97 Å². The number of aromatic nitrogens is 1. The van der Waals surface area contributed by atoms with E-state index in [-0.39, 0.29) is 40.3 Å². The van der Waals surface area contributed by atoms with Gasteiger partial charge in [0.2, 0.25) is 0 Å². The third-order valence-corrected chi connectivity index (χ3v) is 6.95. The molecular formula is C24H24ClF2N3O5. The molecule has 4 rings (SSSR count). The Kier molecular flexibility index (Phi) is 7.20. The van der Waals surface area contributed by atoms with E-state index in [1.54, 1.807) is 4.57 Å². The van der Waals surface area contributed by atoms with E-state index in [9.17, 15) is 28.0 Å². The van der Waals surface area contributed by atoms with Gasteiger partial charge in [-0.25, -0.2) is 8.78 Å². The number of nitrogens with one attached hydrogen (secondary N) is 2. The van der Waals surface area contributed by atoms with Gasteiger partial charge in [0.1, 0.15) is 5.69 Å². The van der Waals surface area contributed by atoms with Crippen molar-refractivity contribution in [3.63, 3.8) is 0 Å². The van der Waals surface area contributed by atoms with Crippen LogP contribution in [0.5, 0.6) is 0 Å². The van der Waals surface area contributed by atoms with Crippen molar-refractivity contribution < 1.29 is 33.1 Å². The number of anilines is 1. The van der Waals surface area contributed by atoms with Crippen molar-refractivity contribution >= 4 is 40.9 Å². The molecule has 2 heterocycles. The summed E-state index contributed by atoms with van der Waals surface area (Å²) in [7, 11) is 0. The maximum Gasteiger partial charge on any atom is 0.303 e. The van der Waals surface area contributed by atoms with E-state index in [4.69, 9.17) is 16.7 Å². The second-order valence-electron chi connectivity index (χ2n) is 8.94. The van der Waals surface area contributed by atoms with E-state index >= 15 is 0 Å². The zero-order chi connectivity index (χ0) is 25.3. The molecule has 0 spiro atoms. The highest BCUT2D eigenvalue weighted by molar-refractivity contribution is 6.48. The molecule has 0 atom stereocenters. The van der Waals surface area contributed by atoms with Gasteiger partial charge in [0, 0.05) is 36.5 Å². The molecule has 0 unspecified atom stereocenters. The Morgan fingerprint density at radius 1 is 1.09 bits per heavy atom. The third-order valence-electron chi connectivity index (χ3n) is 6.58. The number of Topliss-reactive ketones (excluding diaryl/α,β-unsaturated/α-hetero) is 1. The van der Waals surface area contributed by atoms with E-state index in [1.165, 1.54) is 6.07 Å². The maximum absolute atomic E-state index is 13.5. The normalized spacial score (nSPS) is 19.2. The van der Waals surface area contributed by atoms with E-state index in [0.29, 0.717) is 50.8 Å². The van der Waals surface area contributed by atoms with Crippen LogP contribution in [0.25, 0.3) is 0 Å². The van der Waals surface area contributed by atoms with Crippen molar-refractivity contribution in [2.75, 3.05) is 5.32 Å². The molecule has 186 valence electrons. The number of carbonyl (C=O) groups excluding carboxylic acids is 3. The van der Waals surface area contributed by atoms with Gasteiger partial charge in [0.15, 0.2) is 11.6 Å². The lowest BCUT2D eigenvalue weighted by Crippen LogP contribution is -2.42. The Bertz CT molecular complexity index is 1200. The van der Waals surface area contributed by atoms with Crippen molar-refractivity contribution in [2.24, 2.45) is 5.92 Å². The van der Waals surface area contributed by atoms with E-state index < -0.39 is 35.2 Å². The van der Waals surface area contributed by atoms with Crippen LogP contribution in [0, 0.1) is 17.6 Å². The minimum absolute atomic E-state index is 0.0204. The number of benzene rings is 1. The lowest BCUT2D eigenvalue weighted by atomic mass is 9.84. The second kappa shape index (κ2) is 10.2. The Morgan fingerprint density at radius 2 is 1.80 bits per heavy atom. The van der Waals surface area contributed by atoms with Gasteiger partial charge in [0.25, 0.3) is 17.6 Å². The van der Waals surface area contributed by atoms with Gasteiger partial charge in [-0.1, -0.05) is 11.6 Å². The van der Waals surface area contributed by atoms with Crippen molar-refractivity contribution in [1.82, 2.24) is 9.88 Å². The molecule has 35 heavy (non-hydrogen) atoms. The highest BCUT2D eigenvalue weighted by atomic mass is 35.5. The number of fused-ring (bicyclic) bond motifs is 1. The minimum Gasteiger partial charge on any atom is -0.481 e. The average molecular weight is 508 g/mol. The predicted octanol–water partition coefficient (Wildman–Crippen LogP) is 3.95. The Morgan fingerprint density at radius 3 is 2.46 bits per heavy atom. The van der Waals surface area contributed by atoms with E-state index in [2.05, 4.69) is 10.6 Å². The first-order chi connectivity index (χ1) is 16.7. The molecule has 2 aliphatic rings. The fourth-order valence-corrected chi connectivity index (χ4v) is 5.26. The summed E-state index contributed by atoms with van der Waals surface area (Å²) in [6.07, 6.45) is 3.61. The maximum atomic E-state index is 13.5. The number of carbonyl (C=O) groups is 4. The largest absolute Gasteiger partial charge is 0.481 e. The summed E-state index contributed by atoms with van der Waals surface area (Å²) in [5.41, 5.74) is 0.471. The number of rotatable bonds is 7. The number of halogens is 3. The van der Waals surface area contributed by atoms with Gasteiger partial charge in [-0.05, 0) is 56.6 Å². The number of carboxylic acid groups (broad SMARTS) is 1. The first kappa shape index (κ1) is 24.8. The minimum atomic E-state index is -1.12. The Balaban J connectivity index is 1.49. The van der Waals surface area contributed by atoms with Gasteiger partial charge < -0.3 is 20.3 Å². The molecule has 1 saturated carbocycles. The fourth-order valence-electron chi connectivity index (χ4n) is 4.88. The molecule has 1 aromatic heterocycles. The number of hydrogen-bond donors (Lipinski definition) is 3. The summed E-state index contributed by atoms with van der Waals surface area (Å²) >= 11 is 6.44. The number of nitrogens with zero attached hydrogens (tertiary/aromatic N) is 1. The molecule has 8 nitrogen and oxygen atoms in total. The zero-order valence-electron chi connectivity index (χ0n) is 18.7. The van der Waals surface area contributed by atoms with Crippen molar-refractivity contribution in [3.05, 3.63) is 51.8 Å². The van der Waals surface area contributed by atoms with Gasteiger partial charge in [-0.2, -0.15) is 0 Å². The molecular weight excluding hydrogens is 484 g/mol. The van der Waals surface area contributed by atoms with Crippen LogP contribution < -0.4 is 10.6 Å². The lowest BCUT2D eigenvalue weighted by molar-refractivity contribution is -0.138. The lowest BCUT2D eigenvalue weighted by Gasteiger charge is -2.28. The topological polar surface area (TPSA) is 118 Å². The zero-order valence-corrected chi connectivity index (χ0v) is 19.5. The molecule has 2 aromatic rings. The molecule has 1 aliphatic carbocycles. The summed E-state index contributed by atoms with van der Waals surface area (Å²) in [4.78, 5) is 49.7. The first-order valence-corrected chi connectivity index (χ1v) is 11.8. The summed E-state index contributed by atoms with van der Waals surface area (Å²) in [5.74, 6) is -5.38. The van der Waals surface area contributed by atoms with Crippen molar-refractivity contribution in [2.45, 2.75) is 57.5 Å². The van der Waals surface area contributed by atoms with Crippen LogP contribution in [0.15, 0.2) is 18.2 Å². The monoisotopic (exact) mass is 507 g/mol. The van der Waals surface area contributed by atoms with Crippen molar-refractivity contribution in [1.29, 1.82) is 0 Å². The quantitative estimate of drug-likeness (QED) is 0.387. The number of hydrogen-bond acceptors (Lipinski definition) is 4. The smallest absolute Gasteiger partial charge is 0.303 e. The SMILES string of the molecule is O=C(O)CC1CCC(NC(=O)C(=O)c2c(Cl)c(C(=O)Nc3ccc(F)c(F)c3)c3n2CCC3)CC1. The van der Waals surface area contributed by atoms with Gasteiger partial charge in [0.05, 0.1) is 10.6 Å². The van der Waals surface area contributed by atoms with Crippen LogP contribution in [-0.2, 0) is 22.6 Å². The number of amides is 2. The third kappa shape index (κ3) is 5.22. The second-order valence-corrected chi connectivity index (χ2v) is 9.32. The van der Waals surface area contributed by atoms with E-state index in [1.807, 2.05) is 0 Å². The molecule has 0 bridgehead atoms. The molecule has 1 aromatic carbocycles. The molecule has 0 radical (unpaired) electrons. The van der Waals surface area contributed by atoms with Crippen LogP contribution >= 0.6 is 11.6 Å². The summed E-state index contributed by atoms with van der Waals surface area (Å²) in [6, 6.07) is 2.66. The molecule has 1 aliphatic heterocycles. The summed E-state index contributed by atoms with van der Waals surface area (Å²) < 4.78 is 28.3. The van der Waals surface area contributed by atoms with Crippen LogP contribution in [-0.4, -0.2) is 39.3 Å². The Hall–Kier alpha value is -3.27. The molecule has 0 saturated heterocycles. The van der Waals surface area contributed by atoms with E-state index in [0.717, 1.165) is 12.1 Å². The number of aliphatic carboxylic acids is 1. The highest BCUT2D eigenvalue weighted by Gasteiger charge is 2.35. The predicted molar refractivity (Wildman–Crippen MR) is 123 cm³/mol. The Labute approximate surface area is 204 Å². The van der Waals surface area contributed by atoms with Gasteiger partial charge in [-0.15, -0.1) is 0 Å². The van der Waals surface area contributed by atoms with Crippen LogP contribution in [0.4, 0.5) is 14.5 Å². The standard InChI is InChI=1S/C24H24ClF2N3O5/c25-20-19(23(34)29-14-7-8-15(26)16(27)11-14)17-2-1-9-30(17)21(20)22(33)24(35)28-13-5-3-12(4-6-13)10-18(31)32/h7-8,11-13H,1-6,9-10H2,(H,28,35)(H,29,34)(H,31,32). The fraction of sp³-hybridized carbons (Fsp3) is 0.417. The highest BCUT2D eigenvalue weighted by Crippen LogP contribution is 2.34. The number of carboxylic acids is 1. The molecule has 11 heteroatoms. The molecule has 3 N–H and O–H groups in total. The van der Waals surface area contributed by atoms with Crippen LogP contribution in [0.1, 0.15) is 65.1 Å². The molecule has 1 fully saturated rings.